The van der Waals surface area contributed by atoms with E-state index in [4.69, 9.17) is 13.9 Å². The van der Waals surface area contributed by atoms with Gasteiger partial charge in [0.15, 0.2) is 11.5 Å². The second-order valence-corrected chi connectivity index (χ2v) is 6.93. The largest absolute Gasteiger partial charge is 0.493 e. The van der Waals surface area contributed by atoms with E-state index < -0.39 is 0 Å². The molecule has 1 aliphatic rings. The number of likely N-dealkylation sites (tertiary alicyclic amines) is 1. The molecule has 0 radical (unpaired) electrons. The molecule has 0 amide bonds. The quantitative estimate of drug-likeness (QED) is 0.659. The SMILES string of the molecule is COc1ccc(CN2CCC(c3cc4ccccc4o3)CC2)cc1OC. The van der Waals surface area contributed by atoms with Crippen molar-refractivity contribution < 1.29 is 13.9 Å². The van der Waals surface area contributed by atoms with E-state index in [1.54, 1.807) is 14.2 Å². The lowest BCUT2D eigenvalue weighted by atomic mass is 9.94. The van der Waals surface area contributed by atoms with Crippen LogP contribution >= 0.6 is 0 Å². The molecule has 0 N–H and O–H groups in total. The van der Waals surface area contributed by atoms with Crippen LogP contribution in [0.4, 0.5) is 0 Å². The van der Waals surface area contributed by atoms with Gasteiger partial charge in [-0.15, -0.1) is 0 Å². The number of fused-ring (bicyclic) bond motifs is 1. The van der Waals surface area contributed by atoms with Gasteiger partial charge in [-0.3, -0.25) is 4.90 Å². The Morgan fingerprint density at radius 2 is 1.73 bits per heavy atom. The first-order valence-electron chi connectivity index (χ1n) is 9.18. The first kappa shape index (κ1) is 17.0. The average molecular weight is 351 g/mol. The predicted octanol–water partition coefficient (Wildman–Crippen LogP) is 4.83. The van der Waals surface area contributed by atoms with E-state index in [0.29, 0.717) is 5.92 Å². The molecular formula is C22H25NO3. The Morgan fingerprint density at radius 1 is 0.962 bits per heavy atom. The molecular weight excluding hydrogens is 326 g/mol. The number of hydrogen-bond acceptors (Lipinski definition) is 4. The van der Waals surface area contributed by atoms with Crippen molar-refractivity contribution in [2.75, 3.05) is 27.3 Å². The van der Waals surface area contributed by atoms with Gasteiger partial charge >= 0.3 is 0 Å². The van der Waals surface area contributed by atoms with E-state index in [1.165, 1.54) is 10.9 Å². The fraction of sp³-hybridized carbons (Fsp3) is 0.364. The number of para-hydroxylation sites is 1. The van der Waals surface area contributed by atoms with Gasteiger partial charge in [0.2, 0.25) is 0 Å². The third-order valence-corrected chi connectivity index (χ3v) is 5.29. The minimum absolute atomic E-state index is 0.518. The van der Waals surface area contributed by atoms with Gasteiger partial charge in [-0.25, -0.2) is 0 Å². The van der Waals surface area contributed by atoms with Crippen molar-refractivity contribution in [1.82, 2.24) is 4.90 Å². The Balaban J connectivity index is 1.39. The number of hydrogen-bond donors (Lipinski definition) is 0. The standard InChI is InChI=1S/C22H25NO3/c1-24-20-8-7-16(13-22(20)25-2)15-23-11-9-17(10-12-23)21-14-18-5-3-4-6-19(18)26-21/h3-8,13-14,17H,9-12,15H2,1-2H3. The fourth-order valence-corrected chi connectivity index (χ4v) is 3.82. The minimum Gasteiger partial charge on any atom is -0.493 e. The van der Waals surface area contributed by atoms with E-state index in [9.17, 15) is 0 Å². The lowest BCUT2D eigenvalue weighted by Gasteiger charge is -2.31. The maximum absolute atomic E-state index is 6.07. The Hall–Kier alpha value is -2.46. The van der Waals surface area contributed by atoms with E-state index in [1.807, 2.05) is 18.2 Å². The topological polar surface area (TPSA) is 34.8 Å². The smallest absolute Gasteiger partial charge is 0.161 e. The highest BCUT2D eigenvalue weighted by Crippen LogP contribution is 2.33. The molecule has 2 heterocycles. The molecule has 26 heavy (non-hydrogen) atoms. The third-order valence-electron chi connectivity index (χ3n) is 5.29. The maximum atomic E-state index is 6.07. The van der Waals surface area contributed by atoms with Crippen LogP contribution < -0.4 is 9.47 Å². The highest BCUT2D eigenvalue weighted by Gasteiger charge is 2.23. The number of furan rings is 1. The lowest BCUT2D eigenvalue weighted by molar-refractivity contribution is 0.196. The summed E-state index contributed by atoms with van der Waals surface area (Å²) in [5.41, 5.74) is 2.25. The summed E-state index contributed by atoms with van der Waals surface area (Å²) < 4.78 is 16.8. The number of rotatable bonds is 5. The van der Waals surface area contributed by atoms with Crippen LogP contribution in [0, 0.1) is 0 Å². The highest BCUT2D eigenvalue weighted by atomic mass is 16.5. The second-order valence-electron chi connectivity index (χ2n) is 6.93. The van der Waals surface area contributed by atoms with Crippen LogP contribution in [0.25, 0.3) is 11.0 Å². The van der Waals surface area contributed by atoms with E-state index >= 15 is 0 Å². The van der Waals surface area contributed by atoms with Crippen molar-refractivity contribution in [3.05, 3.63) is 59.9 Å². The molecule has 1 aromatic heterocycles. The summed E-state index contributed by atoms with van der Waals surface area (Å²) in [6.07, 6.45) is 2.26. The van der Waals surface area contributed by atoms with Gasteiger partial charge in [-0.1, -0.05) is 24.3 Å². The van der Waals surface area contributed by atoms with E-state index in [0.717, 1.165) is 55.3 Å². The number of ether oxygens (including phenoxy) is 2. The average Bonchev–Trinajstić information content (AvgIpc) is 3.12. The summed E-state index contributed by atoms with van der Waals surface area (Å²) in [5, 5.41) is 1.20. The molecule has 1 fully saturated rings. The monoisotopic (exact) mass is 351 g/mol. The third kappa shape index (κ3) is 3.42. The summed E-state index contributed by atoms with van der Waals surface area (Å²) >= 11 is 0. The Bertz CT molecular complexity index is 845. The van der Waals surface area contributed by atoms with Gasteiger partial charge in [-0.2, -0.15) is 0 Å². The van der Waals surface area contributed by atoms with Crippen LogP contribution in [0.1, 0.15) is 30.1 Å². The number of nitrogens with zero attached hydrogens (tertiary/aromatic N) is 1. The molecule has 0 spiro atoms. The molecule has 4 heteroatoms. The number of methoxy groups -OCH3 is 2. The highest BCUT2D eigenvalue weighted by molar-refractivity contribution is 5.77. The van der Waals surface area contributed by atoms with Gasteiger partial charge in [0.25, 0.3) is 0 Å². The molecule has 1 aliphatic heterocycles. The van der Waals surface area contributed by atoms with Crippen LogP contribution in [0.3, 0.4) is 0 Å². The Morgan fingerprint density at radius 3 is 2.46 bits per heavy atom. The molecule has 136 valence electrons. The van der Waals surface area contributed by atoms with Crippen molar-refractivity contribution in [3.8, 4) is 11.5 Å². The molecule has 0 unspecified atom stereocenters. The molecule has 4 nitrogen and oxygen atoms in total. The van der Waals surface area contributed by atoms with Crippen LogP contribution in [-0.2, 0) is 6.54 Å². The second kappa shape index (κ2) is 7.42. The van der Waals surface area contributed by atoms with Crippen molar-refractivity contribution in [2.45, 2.75) is 25.3 Å². The maximum Gasteiger partial charge on any atom is 0.161 e. The van der Waals surface area contributed by atoms with Crippen LogP contribution in [0.15, 0.2) is 52.9 Å². The van der Waals surface area contributed by atoms with Crippen LogP contribution in [0.2, 0.25) is 0 Å². The van der Waals surface area contributed by atoms with Gasteiger partial charge in [0.05, 0.1) is 14.2 Å². The molecule has 1 saturated heterocycles. The van der Waals surface area contributed by atoms with Crippen molar-refractivity contribution in [1.29, 1.82) is 0 Å². The van der Waals surface area contributed by atoms with Crippen LogP contribution in [-0.4, -0.2) is 32.2 Å². The molecule has 3 aromatic rings. The lowest BCUT2D eigenvalue weighted by Crippen LogP contribution is -2.32. The summed E-state index contributed by atoms with van der Waals surface area (Å²) in [7, 11) is 3.35. The molecule has 0 atom stereocenters. The van der Waals surface area contributed by atoms with E-state index in [-0.39, 0.29) is 0 Å². The normalized spacial score (nSPS) is 16.1. The Labute approximate surface area is 154 Å². The van der Waals surface area contributed by atoms with Crippen molar-refractivity contribution in [2.24, 2.45) is 0 Å². The minimum atomic E-state index is 0.518. The molecule has 0 saturated carbocycles. The first-order valence-corrected chi connectivity index (χ1v) is 9.18. The number of benzene rings is 2. The van der Waals surface area contributed by atoms with Crippen molar-refractivity contribution in [3.63, 3.8) is 0 Å². The first-order chi connectivity index (χ1) is 12.8. The zero-order valence-electron chi connectivity index (χ0n) is 15.4. The molecule has 4 rings (SSSR count). The van der Waals surface area contributed by atoms with E-state index in [2.05, 4.69) is 35.2 Å². The van der Waals surface area contributed by atoms with Crippen molar-refractivity contribution >= 4 is 11.0 Å². The van der Waals surface area contributed by atoms with Gasteiger partial charge in [-0.05, 0) is 55.8 Å². The zero-order valence-corrected chi connectivity index (χ0v) is 15.4. The summed E-state index contributed by atoms with van der Waals surface area (Å²) in [6.45, 7) is 3.10. The van der Waals surface area contributed by atoms with Crippen LogP contribution in [0.5, 0.6) is 11.5 Å². The predicted molar refractivity (Wildman–Crippen MR) is 103 cm³/mol. The number of piperidine rings is 1. The fourth-order valence-electron chi connectivity index (χ4n) is 3.82. The molecule has 2 aromatic carbocycles. The summed E-state index contributed by atoms with van der Waals surface area (Å²) in [4.78, 5) is 2.50. The molecule has 0 bridgehead atoms. The molecule has 0 aliphatic carbocycles. The van der Waals surface area contributed by atoms with Gasteiger partial charge in [0, 0.05) is 17.8 Å². The van der Waals surface area contributed by atoms with Gasteiger partial charge in [0.1, 0.15) is 11.3 Å². The van der Waals surface area contributed by atoms with Gasteiger partial charge < -0.3 is 13.9 Å². The Kier molecular flexibility index (Phi) is 4.85. The summed E-state index contributed by atoms with van der Waals surface area (Å²) in [6, 6.07) is 16.6. The zero-order chi connectivity index (χ0) is 17.9. The summed E-state index contributed by atoms with van der Waals surface area (Å²) in [5.74, 6) is 3.23.